The molecule has 47 heavy (non-hydrogen) atoms. The smallest absolute Gasteiger partial charge is 0.229 e. The SMILES string of the molecule is CCc1cc(Nc2ncc(Br)c(Nc3ccc4nccnc4c3P(C)C)n2)c(OC)cc1N1CCC(N2CCN(CCF)CC2)CC1. The Morgan fingerprint density at radius 2 is 1.74 bits per heavy atom. The van der Waals surface area contributed by atoms with E-state index in [0.717, 1.165) is 96.5 Å². The molecule has 6 rings (SSSR count). The number of alkyl halides is 1. The molecule has 2 N–H and O–H groups in total. The minimum atomic E-state index is -0.475. The molecule has 10 nitrogen and oxygen atoms in total. The average molecular weight is 725 g/mol. The third-order valence-electron chi connectivity index (χ3n) is 9.22. The lowest BCUT2D eigenvalue weighted by Crippen LogP contribution is -2.53. The molecular weight excluding hydrogens is 680 g/mol. The topological polar surface area (TPSA) is 94.6 Å². The number of nitrogens with zero attached hydrogens (tertiary/aromatic N) is 7. The van der Waals surface area contributed by atoms with E-state index in [2.05, 4.69) is 88.6 Å². The van der Waals surface area contributed by atoms with Crippen LogP contribution in [0.1, 0.15) is 25.3 Å². The van der Waals surface area contributed by atoms with E-state index in [0.29, 0.717) is 24.4 Å². The molecule has 13 heteroatoms. The first-order valence-electron chi connectivity index (χ1n) is 16.3. The van der Waals surface area contributed by atoms with Crippen LogP contribution >= 0.6 is 23.9 Å². The van der Waals surface area contributed by atoms with Gasteiger partial charge in [-0.15, -0.1) is 0 Å². The first-order valence-corrected chi connectivity index (χ1v) is 19.4. The molecule has 4 heterocycles. The molecule has 2 aromatic carbocycles. The van der Waals surface area contributed by atoms with Gasteiger partial charge < -0.3 is 20.3 Å². The summed E-state index contributed by atoms with van der Waals surface area (Å²) in [4.78, 5) is 25.9. The van der Waals surface area contributed by atoms with Crippen molar-refractivity contribution in [2.45, 2.75) is 32.2 Å². The van der Waals surface area contributed by atoms with Gasteiger partial charge in [0.25, 0.3) is 0 Å². The van der Waals surface area contributed by atoms with Crippen molar-refractivity contribution in [1.82, 2.24) is 29.7 Å². The van der Waals surface area contributed by atoms with Gasteiger partial charge >= 0.3 is 0 Å². The molecule has 0 radical (unpaired) electrons. The van der Waals surface area contributed by atoms with Crippen LogP contribution in [0.15, 0.2) is 47.3 Å². The van der Waals surface area contributed by atoms with Crippen LogP contribution in [0.3, 0.4) is 0 Å². The number of piperidine rings is 1. The van der Waals surface area contributed by atoms with Crippen molar-refractivity contribution in [3.63, 3.8) is 0 Å². The monoisotopic (exact) mass is 723 g/mol. The van der Waals surface area contributed by atoms with Gasteiger partial charge in [-0.2, -0.15) is 4.98 Å². The number of benzene rings is 2. The molecule has 0 amide bonds. The summed E-state index contributed by atoms with van der Waals surface area (Å²) in [7, 11) is 1.23. The Morgan fingerprint density at radius 3 is 2.45 bits per heavy atom. The maximum Gasteiger partial charge on any atom is 0.229 e. The third-order valence-corrected chi connectivity index (χ3v) is 11.1. The summed E-state index contributed by atoms with van der Waals surface area (Å²) in [6.07, 6.45) is 8.36. The van der Waals surface area contributed by atoms with Crippen molar-refractivity contribution in [3.8, 4) is 5.75 Å². The van der Waals surface area contributed by atoms with Gasteiger partial charge in [0, 0.05) is 93.2 Å². The number of hydrogen-bond acceptors (Lipinski definition) is 10. The first kappa shape index (κ1) is 33.7. The maximum atomic E-state index is 12.8. The number of piperazine rings is 1. The minimum absolute atomic E-state index is 0.257. The summed E-state index contributed by atoms with van der Waals surface area (Å²) in [5, 5.41) is 8.11. The zero-order valence-corrected chi connectivity index (χ0v) is 30.1. The number of rotatable bonds is 11. The molecule has 0 saturated carbocycles. The molecule has 0 spiro atoms. The molecule has 2 aliphatic rings. The Hall–Kier alpha value is -3.18. The molecule has 0 bridgehead atoms. The summed E-state index contributed by atoms with van der Waals surface area (Å²) in [5.41, 5.74) is 6.05. The molecule has 2 fully saturated rings. The molecule has 2 aromatic heterocycles. The minimum Gasteiger partial charge on any atom is -0.494 e. The Bertz CT molecular complexity index is 1680. The number of ether oxygens (including phenoxy) is 1. The highest BCUT2D eigenvalue weighted by molar-refractivity contribution is 9.10. The number of aromatic nitrogens is 4. The normalized spacial score (nSPS) is 16.6. The number of anilines is 5. The van der Waals surface area contributed by atoms with Gasteiger partial charge in [-0.05, 0) is 72.3 Å². The number of aryl methyl sites for hydroxylation is 1. The van der Waals surface area contributed by atoms with Crippen molar-refractivity contribution in [1.29, 1.82) is 0 Å². The van der Waals surface area contributed by atoms with E-state index in [-0.39, 0.29) is 6.67 Å². The highest BCUT2D eigenvalue weighted by Gasteiger charge is 2.28. The highest BCUT2D eigenvalue weighted by atomic mass is 79.9. The molecular formula is C34H44BrFN9OP. The quantitative estimate of drug-likeness (QED) is 0.175. The van der Waals surface area contributed by atoms with Gasteiger partial charge in [0.1, 0.15) is 18.2 Å². The fourth-order valence-corrected chi connectivity index (χ4v) is 8.24. The Kier molecular flexibility index (Phi) is 11.0. The predicted octanol–water partition coefficient (Wildman–Crippen LogP) is 6.16. The van der Waals surface area contributed by atoms with E-state index in [1.807, 2.05) is 12.1 Å². The fourth-order valence-electron chi connectivity index (χ4n) is 6.74. The van der Waals surface area contributed by atoms with Gasteiger partial charge in [-0.1, -0.05) is 14.8 Å². The summed E-state index contributed by atoms with van der Waals surface area (Å²) < 4.78 is 19.4. The maximum absolute atomic E-state index is 12.8. The molecule has 0 unspecified atom stereocenters. The molecule has 2 aliphatic heterocycles. The lowest BCUT2D eigenvalue weighted by molar-refractivity contribution is 0.0816. The summed E-state index contributed by atoms with van der Waals surface area (Å²) in [6.45, 7) is 12.9. The number of nitrogens with one attached hydrogen (secondary N) is 2. The summed E-state index contributed by atoms with van der Waals surface area (Å²) in [6, 6.07) is 8.94. The van der Waals surface area contributed by atoms with Crippen molar-refractivity contribution >= 4 is 69.0 Å². The average Bonchev–Trinajstić information content (AvgIpc) is 3.09. The lowest BCUT2D eigenvalue weighted by Gasteiger charge is -2.43. The largest absolute Gasteiger partial charge is 0.494 e. The van der Waals surface area contributed by atoms with E-state index in [1.165, 1.54) is 11.3 Å². The van der Waals surface area contributed by atoms with E-state index >= 15 is 0 Å². The second kappa shape index (κ2) is 15.4. The van der Waals surface area contributed by atoms with Gasteiger partial charge in [-0.3, -0.25) is 19.8 Å². The van der Waals surface area contributed by atoms with Crippen LogP contribution < -0.4 is 25.6 Å². The number of methoxy groups -OCH3 is 1. The zero-order chi connectivity index (χ0) is 32.9. The second-order valence-corrected chi connectivity index (χ2v) is 15.3. The van der Waals surface area contributed by atoms with Crippen LogP contribution in [0.5, 0.6) is 5.75 Å². The summed E-state index contributed by atoms with van der Waals surface area (Å²) >= 11 is 3.64. The molecule has 4 aromatic rings. The first-order chi connectivity index (χ1) is 22.9. The van der Waals surface area contributed by atoms with Crippen LogP contribution in [0.2, 0.25) is 0 Å². The molecule has 2 saturated heterocycles. The molecule has 0 atom stereocenters. The van der Waals surface area contributed by atoms with Crippen LogP contribution in [0.25, 0.3) is 11.0 Å². The molecule has 250 valence electrons. The van der Waals surface area contributed by atoms with E-state index in [4.69, 9.17) is 9.72 Å². The fraction of sp³-hybridized carbons (Fsp3) is 0.471. The van der Waals surface area contributed by atoms with Gasteiger partial charge in [0.15, 0.2) is 0 Å². The van der Waals surface area contributed by atoms with Gasteiger partial charge in [0.05, 0.1) is 28.3 Å². The highest BCUT2D eigenvalue weighted by Crippen LogP contribution is 2.38. The van der Waals surface area contributed by atoms with Crippen molar-refractivity contribution < 1.29 is 9.13 Å². The van der Waals surface area contributed by atoms with E-state index < -0.39 is 7.92 Å². The molecule has 0 aliphatic carbocycles. The number of hydrogen-bond donors (Lipinski definition) is 2. The van der Waals surface area contributed by atoms with Crippen molar-refractivity contribution in [3.05, 3.63) is 52.9 Å². The van der Waals surface area contributed by atoms with Crippen molar-refractivity contribution in [2.24, 2.45) is 0 Å². The summed E-state index contributed by atoms with van der Waals surface area (Å²) in [5.74, 6) is 1.87. The van der Waals surface area contributed by atoms with Crippen LogP contribution in [0, 0.1) is 0 Å². The second-order valence-electron chi connectivity index (χ2n) is 12.2. The Labute approximate surface area is 286 Å². The Morgan fingerprint density at radius 1 is 0.979 bits per heavy atom. The predicted molar refractivity (Wildman–Crippen MR) is 196 cm³/mol. The number of halogens is 2. The standard InChI is InChI=1S/C34H44BrFN9OP/c1-5-23-20-28(30(46-2)21-29(23)45-13-8-24(9-14-45)44-18-16-43(15-10-36)17-19-44)41-34-39-22-25(35)33(42-34)40-27-7-6-26-31(32(27)47(3)4)38-12-11-37-26/h6-7,11-12,20-22,24H,5,8-10,13-19H2,1-4H3,(H2,39,40,41,42). The number of fused-ring (bicyclic) bond motifs is 1. The van der Waals surface area contributed by atoms with Gasteiger partial charge in [-0.25, -0.2) is 9.37 Å². The third kappa shape index (κ3) is 7.61. The van der Waals surface area contributed by atoms with Crippen molar-refractivity contribution in [2.75, 3.05) is 88.5 Å². The van der Waals surface area contributed by atoms with Gasteiger partial charge in [0.2, 0.25) is 5.95 Å². The zero-order valence-electron chi connectivity index (χ0n) is 27.6. The van der Waals surface area contributed by atoms with Crippen LogP contribution in [-0.4, -0.2) is 109 Å². The van der Waals surface area contributed by atoms with E-state index in [1.54, 1.807) is 25.7 Å². The lowest BCUT2D eigenvalue weighted by atomic mass is 9.99. The Balaban J connectivity index is 1.18. The van der Waals surface area contributed by atoms with Crippen LogP contribution in [0.4, 0.5) is 33.2 Å². The van der Waals surface area contributed by atoms with E-state index in [9.17, 15) is 4.39 Å². The van der Waals surface area contributed by atoms with Crippen LogP contribution in [-0.2, 0) is 6.42 Å².